The van der Waals surface area contributed by atoms with Gasteiger partial charge in [0.25, 0.3) is 5.91 Å². The van der Waals surface area contributed by atoms with E-state index in [1.165, 1.54) is 5.56 Å². The van der Waals surface area contributed by atoms with Crippen LogP contribution in [-0.4, -0.2) is 40.6 Å². The molecule has 0 bridgehead atoms. The molecule has 1 N–H and O–H groups in total. The molecule has 0 saturated heterocycles. The molecule has 1 heterocycles. The Morgan fingerprint density at radius 1 is 1.15 bits per heavy atom. The number of carbonyl (C=O) groups excluding carboxylic acids is 1. The van der Waals surface area contributed by atoms with Gasteiger partial charge in [-0.1, -0.05) is 35.9 Å². The number of aromatic amines is 1. The molecule has 0 spiro atoms. The summed E-state index contributed by atoms with van der Waals surface area (Å²) < 4.78 is 7.94. The number of hydrogen-bond donors (Lipinski definition) is 1. The number of para-hydroxylation sites is 1. The standard InChI is InChI=1S/C20H21N3O2S/c1-15-8-10-17(11-9-15)25-13-12-22(2)19(24)18-14-21-20(26)23(18)16-6-4-3-5-7-16/h3-11,14H,12-13H2,1-2H3,(H,21,26). The average molecular weight is 367 g/mol. The van der Waals surface area contributed by atoms with Gasteiger partial charge in [-0.2, -0.15) is 0 Å². The minimum absolute atomic E-state index is 0.117. The smallest absolute Gasteiger partial charge is 0.272 e. The number of aryl methyl sites for hydroxylation is 1. The molecule has 0 fully saturated rings. The number of H-pyrrole nitrogens is 1. The number of nitrogens with one attached hydrogen (secondary N) is 1. The molecule has 0 aliphatic rings. The number of likely N-dealkylation sites (N-methyl/N-ethyl adjacent to an activating group) is 1. The van der Waals surface area contributed by atoms with Gasteiger partial charge in [-0.15, -0.1) is 0 Å². The fourth-order valence-electron chi connectivity index (χ4n) is 2.59. The zero-order valence-electron chi connectivity index (χ0n) is 14.8. The minimum atomic E-state index is -0.117. The zero-order chi connectivity index (χ0) is 18.5. The number of amides is 1. The Labute approximate surface area is 157 Å². The van der Waals surface area contributed by atoms with Gasteiger partial charge in [0.05, 0.1) is 6.54 Å². The van der Waals surface area contributed by atoms with Gasteiger partial charge < -0.3 is 14.6 Å². The lowest BCUT2D eigenvalue weighted by molar-refractivity contribution is 0.0766. The Morgan fingerprint density at radius 2 is 1.85 bits per heavy atom. The molecule has 1 aromatic heterocycles. The molecule has 0 aliphatic carbocycles. The van der Waals surface area contributed by atoms with Gasteiger partial charge in [0, 0.05) is 18.9 Å². The van der Waals surface area contributed by atoms with Crippen molar-refractivity contribution in [2.75, 3.05) is 20.2 Å². The predicted octanol–water partition coefficient (Wildman–Crippen LogP) is 3.99. The van der Waals surface area contributed by atoms with Crippen LogP contribution in [0.25, 0.3) is 5.69 Å². The normalized spacial score (nSPS) is 10.5. The number of benzene rings is 2. The van der Waals surface area contributed by atoms with E-state index < -0.39 is 0 Å². The van der Waals surface area contributed by atoms with E-state index in [0.717, 1.165) is 11.4 Å². The first-order valence-electron chi connectivity index (χ1n) is 8.37. The average Bonchev–Trinajstić information content (AvgIpc) is 3.04. The highest BCUT2D eigenvalue weighted by Crippen LogP contribution is 2.15. The van der Waals surface area contributed by atoms with Crippen molar-refractivity contribution in [1.29, 1.82) is 0 Å². The largest absolute Gasteiger partial charge is 0.492 e. The van der Waals surface area contributed by atoms with Crippen LogP contribution in [0.5, 0.6) is 5.75 Å². The van der Waals surface area contributed by atoms with Crippen LogP contribution in [-0.2, 0) is 0 Å². The summed E-state index contributed by atoms with van der Waals surface area (Å²) in [6.07, 6.45) is 1.65. The first-order chi connectivity index (χ1) is 12.6. The van der Waals surface area contributed by atoms with Crippen molar-refractivity contribution in [3.8, 4) is 11.4 Å². The Bertz CT molecular complexity index is 930. The SMILES string of the molecule is Cc1ccc(OCCN(C)C(=O)c2c[nH]c(=S)n2-c2ccccc2)cc1. The summed E-state index contributed by atoms with van der Waals surface area (Å²) in [6, 6.07) is 17.4. The summed E-state index contributed by atoms with van der Waals surface area (Å²) in [5.74, 6) is 0.680. The first-order valence-corrected chi connectivity index (χ1v) is 8.78. The van der Waals surface area contributed by atoms with E-state index in [9.17, 15) is 4.79 Å². The van der Waals surface area contributed by atoms with E-state index in [-0.39, 0.29) is 5.91 Å². The molecule has 0 aliphatic heterocycles. The molecule has 0 radical (unpaired) electrons. The van der Waals surface area contributed by atoms with Crippen molar-refractivity contribution in [2.24, 2.45) is 0 Å². The van der Waals surface area contributed by atoms with E-state index in [0.29, 0.717) is 23.6 Å². The molecule has 3 rings (SSSR count). The second-order valence-corrected chi connectivity index (χ2v) is 6.42. The van der Waals surface area contributed by atoms with Crippen LogP contribution >= 0.6 is 12.2 Å². The molecule has 1 amide bonds. The van der Waals surface area contributed by atoms with Gasteiger partial charge in [-0.25, -0.2) is 0 Å². The summed E-state index contributed by atoms with van der Waals surface area (Å²) in [6.45, 7) is 2.92. The number of imidazole rings is 1. The maximum Gasteiger partial charge on any atom is 0.272 e. The van der Waals surface area contributed by atoms with Gasteiger partial charge in [0.15, 0.2) is 4.77 Å². The number of carbonyl (C=O) groups is 1. The van der Waals surface area contributed by atoms with Gasteiger partial charge >= 0.3 is 0 Å². The molecule has 134 valence electrons. The highest BCUT2D eigenvalue weighted by Gasteiger charge is 2.18. The van der Waals surface area contributed by atoms with Gasteiger partial charge in [-0.3, -0.25) is 9.36 Å². The fraction of sp³-hybridized carbons (Fsp3) is 0.200. The van der Waals surface area contributed by atoms with Crippen molar-refractivity contribution in [2.45, 2.75) is 6.92 Å². The number of nitrogens with zero attached hydrogens (tertiary/aromatic N) is 2. The van der Waals surface area contributed by atoms with E-state index in [1.807, 2.05) is 61.5 Å². The van der Waals surface area contributed by atoms with E-state index in [1.54, 1.807) is 22.7 Å². The van der Waals surface area contributed by atoms with E-state index in [2.05, 4.69) is 4.98 Å². The molecule has 0 unspecified atom stereocenters. The minimum Gasteiger partial charge on any atom is -0.492 e. The second kappa shape index (κ2) is 8.01. The van der Waals surface area contributed by atoms with Crippen LogP contribution in [0.4, 0.5) is 0 Å². The van der Waals surface area contributed by atoms with E-state index in [4.69, 9.17) is 17.0 Å². The van der Waals surface area contributed by atoms with Gasteiger partial charge in [-0.05, 0) is 43.4 Å². The third-order valence-corrected chi connectivity index (χ3v) is 4.37. The Kier molecular flexibility index (Phi) is 5.53. The highest BCUT2D eigenvalue weighted by atomic mass is 32.1. The third-order valence-electron chi connectivity index (χ3n) is 4.07. The summed E-state index contributed by atoms with van der Waals surface area (Å²) in [5, 5.41) is 0. The summed E-state index contributed by atoms with van der Waals surface area (Å²) in [4.78, 5) is 17.4. The number of aromatic nitrogens is 2. The maximum absolute atomic E-state index is 12.8. The van der Waals surface area contributed by atoms with Crippen LogP contribution in [0.1, 0.15) is 16.1 Å². The molecule has 0 atom stereocenters. The third kappa shape index (κ3) is 4.03. The fourth-order valence-corrected chi connectivity index (χ4v) is 2.85. The molecule has 26 heavy (non-hydrogen) atoms. The Balaban J connectivity index is 1.67. The molecule has 2 aromatic carbocycles. The lowest BCUT2D eigenvalue weighted by atomic mass is 10.2. The Hall–Kier alpha value is -2.86. The van der Waals surface area contributed by atoms with Crippen LogP contribution in [0, 0.1) is 11.7 Å². The maximum atomic E-state index is 12.8. The molecule has 5 nitrogen and oxygen atoms in total. The van der Waals surface area contributed by atoms with Crippen LogP contribution in [0.15, 0.2) is 60.8 Å². The highest BCUT2D eigenvalue weighted by molar-refractivity contribution is 7.71. The summed E-state index contributed by atoms with van der Waals surface area (Å²) >= 11 is 5.33. The number of rotatable bonds is 6. The van der Waals surface area contributed by atoms with Crippen molar-refractivity contribution in [3.05, 3.63) is 76.8 Å². The van der Waals surface area contributed by atoms with Crippen LogP contribution in [0.3, 0.4) is 0 Å². The first kappa shape index (κ1) is 17.9. The lowest BCUT2D eigenvalue weighted by Crippen LogP contribution is -2.32. The topological polar surface area (TPSA) is 50.3 Å². The summed E-state index contributed by atoms with van der Waals surface area (Å²) in [7, 11) is 1.76. The predicted molar refractivity (Wildman–Crippen MR) is 105 cm³/mol. The van der Waals surface area contributed by atoms with Crippen molar-refractivity contribution in [3.63, 3.8) is 0 Å². The lowest BCUT2D eigenvalue weighted by Gasteiger charge is -2.18. The quantitative estimate of drug-likeness (QED) is 0.670. The van der Waals surface area contributed by atoms with Crippen molar-refractivity contribution >= 4 is 18.1 Å². The van der Waals surface area contributed by atoms with Crippen LogP contribution < -0.4 is 4.74 Å². The molecule has 6 heteroatoms. The number of ether oxygens (including phenoxy) is 1. The number of hydrogen-bond acceptors (Lipinski definition) is 3. The summed E-state index contributed by atoms with van der Waals surface area (Å²) in [5.41, 5.74) is 2.53. The monoisotopic (exact) mass is 367 g/mol. The van der Waals surface area contributed by atoms with Gasteiger partial charge in [0.2, 0.25) is 0 Å². The molecule has 0 saturated carbocycles. The van der Waals surface area contributed by atoms with Crippen molar-refractivity contribution in [1.82, 2.24) is 14.5 Å². The molecular weight excluding hydrogens is 346 g/mol. The second-order valence-electron chi connectivity index (χ2n) is 6.04. The molecule has 3 aromatic rings. The molecular formula is C20H21N3O2S. The van der Waals surface area contributed by atoms with Gasteiger partial charge in [0.1, 0.15) is 18.1 Å². The van der Waals surface area contributed by atoms with Crippen LogP contribution in [0.2, 0.25) is 0 Å². The van der Waals surface area contributed by atoms with Crippen molar-refractivity contribution < 1.29 is 9.53 Å². The Morgan fingerprint density at radius 3 is 2.54 bits per heavy atom. The zero-order valence-corrected chi connectivity index (χ0v) is 15.6. The van der Waals surface area contributed by atoms with E-state index >= 15 is 0 Å².